The van der Waals surface area contributed by atoms with Crippen LogP contribution in [0.2, 0.25) is 0 Å². The number of hydrogen-bond donors (Lipinski definition) is 2. The summed E-state index contributed by atoms with van der Waals surface area (Å²) in [6, 6.07) is 11.0. The molecular formula is C24H37IN4O2S. The van der Waals surface area contributed by atoms with Crippen LogP contribution in [0.4, 0.5) is 5.00 Å². The third-order valence-corrected chi connectivity index (χ3v) is 6.35. The van der Waals surface area contributed by atoms with Gasteiger partial charge in [-0.2, -0.15) is 0 Å². The molecule has 1 aliphatic heterocycles. The van der Waals surface area contributed by atoms with Gasteiger partial charge in [-0.05, 0) is 74.7 Å². The molecule has 1 aromatic heterocycles. The molecule has 0 saturated carbocycles. The Bertz CT molecular complexity index is 808. The van der Waals surface area contributed by atoms with Crippen LogP contribution in [0.3, 0.4) is 0 Å². The molecule has 0 unspecified atom stereocenters. The second-order valence-corrected chi connectivity index (χ2v) is 8.57. The molecule has 2 N–H and O–H groups in total. The molecule has 0 spiro atoms. The molecule has 2 aromatic rings. The minimum Gasteiger partial charge on any atom is -0.493 e. The minimum absolute atomic E-state index is 0. The highest BCUT2D eigenvalue weighted by molar-refractivity contribution is 14.0. The maximum absolute atomic E-state index is 5.69. The summed E-state index contributed by atoms with van der Waals surface area (Å²) in [5, 5.41) is 10.6. The summed E-state index contributed by atoms with van der Waals surface area (Å²) in [6.45, 7) is 8.59. The fraction of sp³-hybridized carbons (Fsp3) is 0.542. The van der Waals surface area contributed by atoms with E-state index in [1.165, 1.54) is 10.6 Å². The quantitative estimate of drug-likeness (QED) is 0.183. The zero-order valence-electron chi connectivity index (χ0n) is 19.4. The highest BCUT2D eigenvalue weighted by Gasteiger charge is 2.20. The molecule has 8 heteroatoms. The number of ether oxygens (including phenoxy) is 2. The van der Waals surface area contributed by atoms with E-state index in [1.807, 2.05) is 24.3 Å². The molecule has 178 valence electrons. The summed E-state index contributed by atoms with van der Waals surface area (Å²) in [7, 11) is 1.67. The van der Waals surface area contributed by atoms with Gasteiger partial charge in [0.15, 0.2) is 17.5 Å². The van der Waals surface area contributed by atoms with Gasteiger partial charge >= 0.3 is 0 Å². The summed E-state index contributed by atoms with van der Waals surface area (Å²) >= 11 is 1.82. The lowest BCUT2D eigenvalue weighted by atomic mass is 10.1. The molecule has 1 aromatic carbocycles. The number of nitrogens with one attached hydrogen (secondary N) is 2. The van der Waals surface area contributed by atoms with E-state index in [9.17, 15) is 0 Å². The van der Waals surface area contributed by atoms with E-state index >= 15 is 0 Å². The Balaban J connectivity index is 0.00000363. The van der Waals surface area contributed by atoms with E-state index in [2.05, 4.69) is 52.1 Å². The Labute approximate surface area is 213 Å². The number of piperidine rings is 1. The lowest BCUT2D eigenvalue weighted by Crippen LogP contribution is -2.48. The summed E-state index contributed by atoms with van der Waals surface area (Å²) < 4.78 is 11.1. The first kappa shape index (κ1) is 26.6. The Hall–Kier alpha value is -1.68. The highest BCUT2D eigenvalue weighted by Crippen LogP contribution is 2.28. The van der Waals surface area contributed by atoms with Crippen LogP contribution in [-0.2, 0) is 6.42 Å². The lowest BCUT2D eigenvalue weighted by Gasteiger charge is -2.33. The molecule has 3 rings (SSSR count). The first-order valence-corrected chi connectivity index (χ1v) is 12.2. The van der Waals surface area contributed by atoms with Crippen LogP contribution in [-0.4, -0.2) is 51.9 Å². The van der Waals surface area contributed by atoms with Gasteiger partial charge in [0.25, 0.3) is 0 Å². The second-order valence-electron chi connectivity index (χ2n) is 7.64. The SMILES string of the molecule is CCNC(=NCCCc1ccc(OC)c(OCC)c1)NC1CCN(c2cccs2)CC1.I. The van der Waals surface area contributed by atoms with Crippen molar-refractivity contribution in [3.8, 4) is 11.5 Å². The summed E-state index contributed by atoms with van der Waals surface area (Å²) in [5.41, 5.74) is 1.25. The molecular weight excluding hydrogens is 535 g/mol. The second kappa shape index (κ2) is 14.5. The van der Waals surface area contributed by atoms with Crippen molar-refractivity contribution in [3.05, 3.63) is 41.3 Å². The normalized spacial score (nSPS) is 14.6. The fourth-order valence-electron chi connectivity index (χ4n) is 3.83. The average molecular weight is 573 g/mol. The van der Waals surface area contributed by atoms with E-state index in [0.717, 1.165) is 69.3 Å². The van der Waals surface area contributed by atoms with Gasteiger partial charge in [0.2, 0.25) is 0 Å². The molecule has 6 nitrogen and oxygen atoms in total. The molecule has 0 radical (unpaired) electrons. The Morgan fingerprint density at radius 1 is 1.19 bits per heavy atom. The van der Waals surface area contributed by atoms with Gasteiger partial charge in [-0.3, -0.25) is 4.99 Å². The van der Waals surface area contributed by atoms with Crippen molar-refractivity contribution in [2.75, 3.05) is 44.8 Å². The van der Waals surface area contributed by atoms with Gasteiger partial charge in [0.1, 0.15) is 0 Å². The zero-order chi connectivity index (χ0) is 21.9. The smallest absolute Gasteiger partial charge is 0.191 e. The molecule has 2 heterocycles. The average Bonchev–Trinajstić information content (AvgIpc) is 3.33. The van der Waals surface area contributed by atoms with Crippen LogP contribution in [0, 0.1) is 0 Å². The van der Waals surface area contributed by atoms with E-state index in [-0.39, 0.29) is 24.0 Å². The Morgan fingerprint density at radius 3 is 2.66 bits per heavy atom. The largest absolute Gasteiger partial charge is 0.493 e. The number of anilines is 1. The molecule has 0 bridgehead atoms. The number of nitrogens with zero attached hydrogens (tertiary/aromatic N) is 2. The van der Waals surface area contributed by atoms with Crippen LogP contribution >= 0.6 is 35.3 Å². The van der Waals surface area contributed by atoms with Gasteiger partial charge in [0, 0.05) is 32.2 Å². The van der Waals surface area contributed by atoms with Crippen LogP contribution in [0.1, 0.15) is 38.7 Å². The lowest BCUT2D eigenvalue weighted by molar-refractivity contribution is 0.310. The summed E-state index contributed by atoms with van der Waals surface area (Å²) in [5.74, 6) is 2.53. The van der Waals surface area contributed by atoms with Crippen molar-refractivity contribution in [1.29, 1.82) is 0 Å². The van der Waals surface area contributed by atoms with Crippen molar-refractivity contribution >= 4 is 46.3 Å². The van der Waals surface area contributed by atoms with E-state index in [1.54, 1.807) is 7.11 Å². The maximum atomic E-state index is 5.69. The molecule has 0 atom stereocenters. The fourth-order valence-corrected chi connectivity index (χ4v) is 4.61. The van der Waals surface area contributed by atoms with Crippen LogP contribution in [0.15, 0.2) is 40.7 Å². The first-order valence-electron chi connectivity index (χ1n) is 11.4. The third-order valence-electron chi connectivity index (χ3n) is 5.42. The number of hydrogen-bond acceptors (Lipinski definition) is 5. The molecule has 1 fully saturated rings. The van der Waals surface area contributed by atoms with Gasteiger partial charge in [0.05, 0.1) is 18.7 Å². The number of aryl methyl sites for hydroxylation is 1. The molecule has 32 heavy (non-hydrogen) atoms. The van der Waals surface area contributed by atoms with Crippen LogP contribution in [0.25, 0.3) is 0 Å². The zero-order valence-corrected chi connectivity index (χ0v) is 22.6. The predicted octanol–water partition coefficient (Wildman–Crippen LogP) is 4.93. The van der Waals surface area contributed by atoms with Gasteiger partial charge < -0.3 is 25.0 Å². The van der Waals surface area contributed by atoms with Crippen molar-refractivity contribution in [2.24, 2.45) is 4.99 Å². The van der Waals surface area contributed by atoms with Crippen LogP contribution in [0.5, 0.6) is 11.5 Å². The molecule has 0 amide bonds. The first-order chi connectivity index (χ1) is 15.2. The van der Waals surface area contributed by atoms with Crippen molar-refractivity contribution in [2.45, 2.75) is 45.6 Å². The van der Waals surface area contributed by atoms with Crippen molar-refractivity contribution < 1.29 is 9.47 Å². The van der Waals surface area contributed by atoms with E-state index in [0.29, 0.717) is 12.6 Å². The number of benzene rings is 1. The summed E-state index contributed by atoms with van der Waals surface area (Å²) in [4.78, 5) is 7.30. The number of guanidine groups is 1. The molecule has 0 aliphatic carbocycles. The maximum Gasteiger partial charge on any atom is 0.191 e. The Kier molecular flexibility index (Phi) is 12.0. The molecule has 1 saturated heterocycles. The number of rotatable bonds is 10. The Morgan fingerprint density at radius 2 is 2.00 bits per heavy atom. The topological polar surface area (TPSA) is 58.1 Å². The predicted molar refractivity (Wildman–Crippen MR) is 147 cm³/mol. The monoisotopic (exact) mass is 572 g/mol. The van der Waals surface area contributed by atoms with E-state index < -0.39 is 0 Å². The minimum atomic E-state index is 0. The number of methoxy groups -OCH3 is 1. The van der Waals surface area contributed by atoms with Gasteiger partial charge in [-0.1, -0.05) is 6.07 Å². The van der Waals surface area contributed by atoms with Gasteiger partial charge in [-0.25, -0.2) is 0 Å². The number of aliphatic imine (C=N–C) groups is 1. The van der Waals surface area contributed by atoms with Crippen molar-refractivity contribution in [1.82, 2.24) is 10.6 Å². The van der Waals surface area contributed by atoms with Gasteiger partial charge in [-0.15, -0.1) is 35.3 Å². The number of thiophene rings is 1. The third kappa shape index (κ3) is 8.03. The molecule has 1 aliphatic rings. The summed E-state index contributed by atoms with van der Waals surface area (Å²) in [6.07, 6.45) is 4.22. The van der Waals surface area contributed by atoms with Crippen LogP contribution < -0.4 is 25.0 Å². The standard InChI is InChI=1S/C24H36N4O2S.HI/c1-4-25-24(27-20-12-15-28(16-13-20)23-9-7-17-31-23)26-14-6-8-19-10-11-21(29-3)22(18-19)30-5-2;/h7,9-11,17-18,20H,4-6,8,12-16H2,1-3H3,(H2,25,26,27);1H. The number of halogens is 1. The van der Waals surface area contributed by atoms with Crippen molar-refractivity contribution in [3.63, 3.8) is 0 Å². The highest BCUT2D eigenvalue weighted by atomic mass is 127. The van der Waals surface area contributed by atoms with E-state index in [4.69, 9.17) is 14.5 Å².